The Morgan fingerprint density at radius 2 is 1.55 bits per heavy atom. The Kier molecular flexibility index (Phi) is 5.92. The highest BCUT2D eigenvalue weighted by Crippen LogP contribution is 2.39. The zero-order valence-electron chi connectivity index (χ0n) is 14.3. The molecule has 1 aliphatic carbocycles. The molecular formula is C18H36N2. The van der Waals surface area contributed by atoms with Crippen molar-refractivity contribution in [3.8, 4) is 0 Å². The van der Waals surface area contributed by atoms with Crippen molar-refractivity contribution in [2.24, 2.45) is 17.3 Å². The predicted molar refractivity (Wildman–Crippen MR) is 88.0 cm³/mol. The molecule has 0 spiro atoms. The normalized spacial score (nSPS) is 30.6. The number of likely N-dealkylation sites (tertiary alicyclic amines) is 1. The molecule has 118 valence electrons. The van der Waals surface area contributed by atoms with E-state index in [1.165, 1.54) is 64.6 Å². The predicted octanol–water partition coefficient (Wildman–Crippen LogP) is 3.91. The van der Waals surface area contributed by atoms with Crippen LogP contribution >= 0.6 is 0 Å². The topological polar surface area (TPSA) is 15.3 Å². The van der Waals surface area contributed by atoms with Crippen molar-refractivity contribution in [2.45, 2.75) is 71.8 Å². The maximum atomic E-state index is 3.29. The zero-order chi connectivity index (χ0) is 14.6. The first kappa shape index (κ1) is 16.3. The Morgan fingerprint density at radius 1 is 0.950 bits per heavy atom. The van der Waals surface area contributed by atoms with E-state index in [1.807, 2.05) is 0 Å². The van der Waals surface area contributed by atoms with Gasteiger partial charge in [0, 0.05) is 6.04 Å². The van der Waals surface area contributed by atoms with Crippen molar-refractivity contribution in [3.63, 3.8) is 0 Å². The quantitative estimate of drug-likeness (QED) is 0.840. The molecule has 1 N–H and O–H groups in total. The van der Waals surface area contributed by atoms with Gasteiger partial charge in [0.15, 0.2) is 0 Å². The third-order valence-electron chi connectivity index (χ3n) is 5.89. The van der Waals surface area contributed by atoms with Gasteiger partial charge in [-0.1, -0.05) is 20.8 Å². The molecule has 0 bridgehead atoms. The second kappa shape index (κ2) is 7.26. The summed E-state index contributed by atoms with van der Waals surface area (Å²) in [6, 6.07) is 0.902. The number of nitrogens with zero attached hydrogens (tertiary/aromatic N) is 1. The van der Waals surface area contributed by atoms with Crippen LogP contribution in [0.15, 0.2) is 0 Å². The second-order valence-electron chi connectivity index (χ2n) is 8.24. The molecule has 1 saturated carbocycles. The molecule has 2 aliphatic rings. The lowest BCUT2D eigenvalue weighted by Crippen LogP contribution is -2.44. The lowest BCUT2D eigenvalue weighted by molar-refractivity contribution is 0.0692. The first-order chi connectivity index (χ1) is 9.50. The fourth-order valence-corrected chi connectivity index (χ4v) is 4.26. The van der Waals surface area contributed by atoms with E-state index in [-0.39, 0.29) is 0 Å². The largest absolute Gasteiger partial charge is 0.320 e. The van der Waals surface area contributed by atoms with Crippen molar-refractivity contribution in [1.82, 2.24) is 10.2 Å². The average Bonchev–Trinajstić information content (AvgIpc) is 2.45. The highest BCUT2D eigenvalue weighted by Gasteiger charge is 2.33. The molecule has 2 rings (SSSR count). The minimum atomic E-state index is 0.519. The van der Waals surface area contributed by atoms with Gasteiger partial charge >= 0.3 is 0 Å². The molecule has 0 atom stereocenters. The van der Waals surface area contributed by atoms with Gasteiger partial charge < -0.3 is 10.2 Å². The number of hydrogen-bond acceptors (Lipinski definition) is 2. The monoisotopic (exact) mass is 280 g/mol. The summed E-state index contributed by atoms with van der Waals surface area (Å²) in [6.45, 7) is 11.2. The Bertz CT molecular complexity index is 266. The summed E-state index contributed by atoms with van der Waals surface area (Å²) in [7, 11) is 2.07. The van der Waals surface area contributed by atoms with Gasteiger partial charge in [0.25, 0.3) is 0 Å². The van der Waals surface area contributed by atoms with Gasteiger partial charge in [-0.05, 0) is 88.9 Å². The van der Waals surface area contributed by atoms with E-state index in [4.69, 9.17) is 0 Å². The average molecular weight is 280 g/mol. The van der Waals surface area contributed by atoms with Crippen LogP contribution in [0.1, 0.15) is 65.7 Å². The fraction of sp³-hybridized carbons (Fsp3) is 1.00. The third kappa shape index (κ3) is 4.46. The van der Waals surface area contributed by atoms with Crippen molar-refractivity contribution in [1.29, 1.82) is 0 Å². The molecule has 2 fully saturated rings. The van der Waals surface area contributed by atoms with Gasteiger partial charge in [-0.2, -0.15) is 0 Å². The summed E-state index contributed by atoms with van der Waals surface area (Å²) in [5.41, 5.74) is 0.519. The molecule has 2 heteroatoms. The first-order valence-corrected chi connectivity index (χ1v) is 8.89. The summed E-state index contributed by atoms with van der Waals surface area (Å²) in [6.07, 6.45) is 10.0. The molecule has 0 unspecified atom stereocenters. The lowest BCUT2D eigenvalue weighted by atomic mass is 9.71. The summed E-state index contributed by atoms with van der Waals surface area (Å²) in [5, 5.41) is 3.29. The van der Waals surface area contributed by atoms with Crippen LogP contribution in [0, 0.1) is 17.3 Å². The SMILES string of the molecule is CNCCC1CCN(C2CCC(C(C)(C)C)CC2)CC1. The van der Waals surface area contributed by atoms with Crippen molar-refractivity contribution in [2.75, 3.05) is 26.7 Å². The van der Waals surface area contributed by atoms with Crippen LogP contribution in [0.25, 0.3) is 0 Å². The third-order valence-corrected chi connectivity index (χ3v) is 5.89. The van der Waals surface area contributed by atoms with E-state index in [0.29, 0.717) is 5.41 Å². The van der Waals surface area contributed by atoms with E-state index in [9.17, 15) is 0 Å². The Labute approximate surface area is 126 Å². The lowest BCUT2D eigenvalue weighted by Gasteiger charge is -2.43. The van der Waals surface area contributed by atoms with Gasteiger partial charge in [0.2, 0.25) is 0 Å². The smallest absolute Gasteiger partial charge is 0.00954 e. The molecule has 1 saturated heterocycles. The van der Waals surface area contributed by atoms with E-state index in [2.05, 4.69) is 38.0 Å². The molecule has 2 nitrogen and oxygen atoms in total. The van der Waals surface area contributed by atoms with Crippen LogP contribution in [0.2, 0.25) is 0 Å². The van der Waals surface area contributed by atoms with E-state index in [0.717, 1.165) is 17.9 Å². The Hall–Kier alpha value is -0.0800. The summed E-state index contributed by atoms with van der Waals surface area (Å²) in [5.74, 6) is 1.93. The van der Waals surface area contributed by atoms with Crippen LogP contribution in [-0.2, 0) is 0 Å². The molecule has 1 heterocycles. The number of hydrogen-bond donors (Lipinski definition) is 1. The molecular weight excluding hydrogens is 244 g/mol. The standard InChI is InChI=1S/C18H36N2/c1-18(2,3)16-5-7-17(8-6-16)20-13-10-15(11-14-20)9-12-19-4/h15-17,19H,5-14H2,1-4H3. The van der Waals surface area contributed by atoms with Gasteiger partial charge in [0.1, 0.15) is 0 Å². The van der Waals surface area contributed by atoms with Crippen LogP contribution in [0.3, 0.4) is 0 Å². The van der Waals surface area contributed by atoms with Gasteiger partial charge in [-0.25, -0.2) is 0 Å². The van der Waals surface area contributed by atoms with Gasteiger partial charge in [-0.3, -0.25) is 0 Å². The molecule has 1 aliphatic heterocycles. The van der Waals surface area contributed by atoms with Crippen LogP contribution < -0.4 is 5.32 Å². The minimum Gasteiger partial charge on any atom is -0.320 e. The molecule has 0 radical (unpaired) electrons. The van der Waals surface area contributed by atoms with Crippen molar-refractivity contribution < 1.29 is 0 Å². The van der Waals surface area contributed by atoms with Crippen LogP contribution in [0.5, 0.6) is 0 Å². The van der Waals surface area contributed by atoms with Crippen molar-refractivity contribution in [3.05, 3.63) is 0 Å². The highest BCUT2D eigenvalue weighted by molar-refractivity contribution is 4.86. The Balaban J connectivity index is 1.70. The number of piperidine rings is 1. The summed E-state index contributed by atoms with van der Waals surface area (Å²) in [4.78, 5) is 2.81. The number of rotatable bonds is 4. The van der Waals surface area contributed by atoms with Gasteiger partial charge in [-0.15, -0.1) is 0 Å². The maximum absolute atomic E-state index is 3.29. The Morgan fingerprint density at radius 3 is 2.05 bits per heavy atom. The minimum absolute atomic E-state index is 0.519. The summed E-state index contributed by atoms with van der Waals surface area (Å²) < 4.78 is 0. The highest BCUT2D eigenvalue weighted by atomic mass is 15.2. The molecule has 20 heavy (non-hydrogen) atoms. The maximum Gasteiger partial charge on any atom is 0.00954 e. The van der Waals surface area contributed by atoms with Crippen LogP contribution in [-0.4, -0.2) is 37.6 Å². The van der Waals surface area contributed by atoms with Crippen LogP contribution in [0.4, 0.5) is 0 Å². The van der Waals surface area contributed by atoms with Crippen molar-refractivity contribution >= 4 is 0 Å². The first-order valence-electron chi connectivity index (χ1n) is 8.89. The van der Waals surface area contributed by atoms with E-state index in [1.54, 1.807) is 0 Å². The number of nitrogens with one attached hydrogen (secondary N) is 1. The zero-order valence-corrected chi connectivity index (χ0v) is 14.3. The van der Waals surface area contributed by atoms with E-state index >= 15 is 0 Å². The van der Waals surface area contributed by atoms with Gasteiger partial charge in [0.05, 0.1) is 0 Å². The molecule has 0 aromatic carbocycles. The summed E-state index contributed by atoms with van der Waals surface area (Å²) >= 11 is 0. The second-order valence-corrected chi connectivity index (χ2v) is 8.24. The molecule has 0 aromatic heterocycles. The molecule has 0 aromatic rings. The van der Waals surface area contributed by atoms with E-state index < -0.39 is 0 Å². The fourth-order valence-electron chi connectivity index (χ4n) is 4.26. The molecule has 0 amide bonds.